The molecule has 2 aliphatic rings. The first kappa shape index (κ1) is 10.2. The van der Waals surface area contributed by atoms with E-state index in [0.717, 1.165) is 5.76 Å². The minimum absolute atomic E-state index is 0.474. The molecule has 0 radical (unpaired) electrons. The van der Waals surface area contributed by atoms with Crippen LogP contribution in [0.25, 0.3) is 0 Å². The minimum Gasteiger partial charge on any atom is -0.535 e. The van der Waals surface area contributed by atoms with Crippen LogP contribution in [-0.4, -0.2) is 8.32 Å². The molecule has 0 saturated heterocycles. The van der Waals surface area contributed by atoms with Gasteiger partial charge < -0.3 is 4.43 Å². The summed E-state index contributed by atoms with van der Waals surface area (Å²) in [5.74, 6) is 2.15. The highest BCUT2D eigenvalue weighted by Gasteiger charge is 2.34. The van der Waals surface area contributed by atoms with Crippen LogP contribution in [0.2, 0.25) is 0 Å². The molecule has 0 aromatic heterocycles. The Morgan fingerprint density at radius 1 is 1.20 bits per heavy atom. The second-order valence-corrected chi connectivity index (χ2v) is 7.16. The van der Waals surface area contributed by atoms with Gasteiger partial charge in [0.15, 0.2) is 0 Å². The van der Waals surface area contributed by atoms with E-state index in [1.165, 1.54) is 6.42 Å². The fourth-order valence-electron chi connectivity index (χ4n) is 2.09. The number of hydrogen-bond donors (Lipinski definition) is 0. The van der Waals surface area contributed by atoms with Gasteiger partial charge in [-0.1, -0.05) is 29.2 Å². The monoisotopic (exact) mass is 216 g/mol. The highest BCUT2D eigenvalue weighted by atomic mass is 28.4. The second kappa shape index (κ2) is 3.70. The lowest BCUT2D eigenvalue weighted by Gasteiger charge is -2.25. The van der Waals surface area contributed by atoms with E-state index in [4.69, 9.17) is 4.43 Å². The summed E-state index contributed by atoms with van der Waals surface area (Å²) < 4.78 is 6.08. The van der Waals surface area contributed by atoms with Crippen molar-refractivity contribution in [1.82, 2.24) is 0 Å². The van der Waals surface area contributed by atoms with Crippen LogP contribution in [-0.2, 0) is 4.43 Å². The van der Waals surface area contributed by atoms with E-state index in [1.807, 2.05) is 17.1 Å². The van der Waals surface area contributed by atoms with Gasteiger partial charge in [-0.25, -0.2) is 0 Å². The molecule has 0 N–H and O–H groups in total. The van der Waals surface area contributed by atoms with Crippen molar-refractivity contribution in [2.75, 3.05) is 0 Å². The Morgan fingerprint density at radius 3 is 2.27 bits per heavy atom. The van der Waals surface area contributed by atoms with Crippen molar-refractivity contribution in [3.63, 3.8) is 0 Å². The second-order valence-electron chi connectivity index (χ2n) is 4.03. The first-order chi connectivity index (χ1) is 7.23. The van der Waals surface area contributed by atoms with Crippen LogP contribution in [0.5, 0.6) is 0 Å². The van der Waals surface area contributed by atoms with Gasteiger partial charge >= 0.3 is 8.32 Å². The van der Waals surface area contributed by atoms with Crippen LogP contribution in [0, 0.1) is 11.8 Å². The molecule has 0 aromatic carbocycles. The Kier molecular flexibility index (Phi) is 2.53. The lowest BCUT2D eigenvalue weighted by molar-refractivity contribution is 0.389. The van der Waals surface area contributed by atoms with E-state index in [-0.39, 0.29) is 0 Å². The third-order valence-electron chi connectivity index (χ3n) is 3.11. The number of allylic oxidation sites excluding steroid dienone is 3. The summed E-state index contributed by atoms with van der Waals surface area (Å²) in [6.45, 7) is 11.5. The number of hydrogen-bond acceptors (Lipinski definition) is 1. The molecule has 2 unspecified atom stereocenters. The molecular formula is C13H16OSi. The molecule has 78 valence electrons. The molecule has 0 aliphatic heterocycles. The Hall–Kier alpha value is -1.28. The molecule has 2 atom stereocenters. The van der Waals surface area contributed by atoms with Gasteiger partial charge in [0.05, 0.1) is 5.76 Å². The standard InChI is InChI=1S/C13H16OSi/c1-4-15(5-2,6-3)14-13-10-11-7-8-12(13)9-11/h4-8,10-12H,1-3,9H2. The summed E-state index contributed by atoms with van der Waals surface area (Å²) in [4.78, 5) is 0. The number of rotatable bonds is 5. The molecule has 0 amide bonds. The molecular weight excluding hydrogens is 200 g/mol. The van der Waals surface area contributed by atoms with Crippen molar-refractivity contribution in [3.8, 4) is 0 Å². The predicted molar refractivity (Wildman–Crippen MR) is 66.3 cm³/mol. The van der Waals surface area contributed by atoms with Gasteiger partial charge in [-0.2, -0.15) is 0 Å². The molecule has 0 spiro atoms. The SMILES string of the molecule is C=C[Si](C=C)(C=C)OC1=CC2C=CC1C2. The zero-order valence-corrected chi connectivity index (χ0v) is 9.86. The summed E-state index contributed by atoms with van der Waals surface area (Å²) in [6.07, 6.45) is 7.86. The van der Waals surface area contributed by atoms with E-state index >= 15 is 0 Å². The molecule has 0 saturated carbocycles. The molecule has 0 fully saturated rings. The van der Waals surface area contributed by atoms with Gasteiger partial charge in [0.2, 0.25) is 0 Å². The summed E-state index contributed by atoms with van der Waals surface area (Å²) in [6, 6.07) is 0. The van der Waals surface area contributed by atoms with Gasteiger partial charge in [0.1, 0.15) is 0 Å². The summed E-state index contributed by atoms with van der Waals surface area (Å²) in [5.41, 5.74) is 5.59. The predicted octanol–water partition coefficient (Wildman–Crippen LogP) is 3.21. The molecule has 1 nitrogen and oxygen atoms in total. The summed E-state index contributed by atoms with van der Waals surface area (Å²) in [7, 11) is -2.13. The highest BCUT2D eigenvalue weighted by molar-refractivity contribution is 6.87. The van der Waals surface area contributed by atoms with Crippen LogP contribution in [0.4, 0.5) is 0 Å². The van der Waals surface area contributed by atoms with Gasteiger partial charge in [0.25, 0.3) is 0 Å². The quantitative estimate of drug-likeness (QED) is 0.506. The van der Waals surface area contributed by atoms with Crippen molar-refractivity contribution >= 4 is 8.32 Å². The van der Waals surface area contributed by atoms with Crippen LogP contribution >= 0.6 is 0 Å². The van der Waals surface area contributed by atoms with E-state index in [9.17, 15) is 0 Å². The van der Waals surface area contributed by atoms with Crippen LogP contribution < -0.4 is 0 Å². The summed E-state index contributed by atoms with van der Waals surface area (Å²) in [5, 5.41) is 0. The summed E-state index contributed by atoms with van der Waals surface area (Å²) >= 11 is 0. The van der Waals surface area contributed by atoms with Gasteiger partial charge in [-0.3, -0.25) is 0 Å². The zero-order chi connectivity index (χ0) is 10.9. The molecule has 0 heterocycles. The van der Waals surface area contributed by atoms with Crippen LogP contribution in [0.15, 0.2) is 60.8 Å². The maximum atomic E-state index is 6.08. The molecule has 2 rings (SSSR count). The fourth-order valence-corrected chi connectivity index (χ4v) is 3.46. The fraction of sp³-hybridized carbons (Fsp3) is 0.231. The largest absolute Gasteiger partial charge is 0.535 e. The third-order valence-corrected chi connectivity index (χ3v) is 5.62. The number of fused-ring (bicyclic) bond motifs is 2. The topological polar surface area (TPSA) is 9.23 Å². The first-order valence-corrected chi connectivity index (χ1v) is 7.37. The molecule has 2 aliphatic carbocycles. The maximum absolute atomic E-state index is 6.08. The van der Waals surface area contributed by atoms with E-state index in [1.54, 1.807) is 0 Å². The molecule has 15 heavy (non-hydrogen) atoms. The van der Waals surface area contributed by atoms with Gasteiger partial charge in [-0.05, 0) is 18.4 Å². The Balaban J connectivity index is 2.15. The van der Waals surface area contributed by atoms with E-state index in [0.29, 0.717) is 11.8 Å². The molecule has 2 bridgehead atoms. The zero-order valence-electron chi connectivity index (χ0n) is 8.86. The first-order valence-electron chi connectivity index (χ1n) is 5.23. The maximum Gasteiger partial charge on any atom is 0.323 e. The Morgan fingerprint density at radius 2 is 1.87 bits per heavy atom. The van der Waals surface area contributed by atoms with E-state index in [2.05, 4.69) is 38.0 Å². The Bertz CT molecular complexity index is 343. The van der Waals surface area contributed by atoms with Crippen molar-refractivity contribution < 1.29 is 4.43 Å². The third kappa shape index (κ3) is 1.65. The van der Waals surface area contributed by atoms with Crippen molar-refractivity contribution in [2.45, 2.75) is 6.42 Å². The van der Waals surface area contributed by atoms with Crippen molar-refractivity contribution in [2.24, 2.45) is 11.8 Å². The smallest absolute Gasteiger partial charge is 0.323 e. The van der Waals surface area contributed by atoms with Gasteiger partial charge in [0, 0.05) is 5.92 Å². The highest BCUT2D eigenvalue weighted by Crippen LogP contribution is 2.40. The van der Waals surface area contributed by atoms with Crippen LogP contribution in [0.1, 0.15) is 6.42 Å². The van der Waals surface area contributed by atoms with Gasteiger partial charge in [-0.15, -0.1) is 19.7 Å². The van der Waals surface area contributed by atoms with E-state index < -0.39 is 8.32 Å². The normalized spacial score (nSPS) is 27.3. The molecule has 0 aromatic rings. The average Bonchev–Trinajstić information content (AvgIpc) is 2.88. The lowest BCUT2D eigenvalue weighted by atomic mass is 10.1. The molecule has 2 heteroatoms. The van der Waals surface area contributed by atoms with Crippen molar-refractivity contribution in [1.29, 1.82) is 0 Å². The van der Waals surface area contributed by atoms with Crippen LogP contribution in [0.3, 0.4) is 0 Å². The average molecular weight is 216 g/mol. The lowest BCUT2D eigenvalue weighted by Crippen LogP contribution is -2.32. The van der Waals surface area contributed by atoms with Crippen molar-refractivity contribution in [3.05, 3.63) is 60.8 Å². The Labute approximate surface area is 92.3 Å². The minimum atomic E-state index is -2.13.